The largest absolute Gasteiger partial charge is 0.457 e. The van der Waals surface area contributed by atoms with Crippen molar-refractivity contribution in [3.8, 4) is 11.5 Å². The number of carbonyl (C=O) groups is 1. The van der Waals surface area contributed by atoms with Gasteiger partial charge in [-0.25, -0.2) is 0 Å². The maximum Gasteiger partial charge on any atom is 0.234 e. The summed E-state index contributed by atoms with van der Waals surface area (Å²) >= 11 is 4.20. The normalized spacial score (nSPS) is 11.8. The van der Waals surface area contributed by atoms with Crippen molar-refractivity contribution in [1.82, 2.24) is 0 Å². The molecule has 2 aromatic carbocycles. The lowest BCUT2D eigenvalue weighted by molar-refractivity contribution is -0.117. The van der Waals surface area contributed by atoms with Crippen molar-refractivity contribution >= 4 is 18.5 Å². The molecule has 3 nitrogen and oxygen atoms in total. The van der Waals surface area contributed by atoms with Crippen molar-refractivity contribution in [1.29, 1.82) is 0 Å². The number of primary amides is 1. The lowest BCUT2D eigenvalue weighted by Gasteiger charge is -2.13. The van der Waals surface area contributed by atoms with Gasteiger partial charge in [0.15, 0.2) is 0 Å². The monoisotopic (exact) mass is 259 g/mol. The van der Waals surface area contributed by atoms with Crippen LogP contribution >= 0.6 is 12.6 Å². The highest BCUT2D eigenvalue weighted by Crippen LogP contribution is 2.32. The third-order valence-electron chi connectivity index (χ3n) is 2.45. The fraction of sp³-hybridized carbons (Fsp3) is 0.0714. The Bertz CT molecular complexity index is 543. The second-order valence-electron chi connectivity index (χ2n) is 3.76. The van der Waals surface area contributed by atoms with Gasteiger partial charge in [-0.1, -0.05) is 36.4 Å². The number of amides is 1. The van der Waals surface area contributed by atoms with E-state index >= 15 is 0 Å². The summed E-state index contributed by atoms with van der Waals surface area (Å²) in [6, 6.07) is 16.6. The number of hydrogen-bond donors (Lipinski definition) is 2. The van der Waals surface area contributed by atoms with Gasteiger partial charge < -0.3 is 10.5 Å². The zero-order chi connectivity index (χ0) is 13.0. The number of benzene rings is 2. The average molecular weight is 259 g/mol. The van der Waals surface area contributed by atoms with Gasteiger partial charge in [-0.3, -0.25) is 4.79 Å². The standard InChI is InChI=1S/C14H13NO2S/c15-14(16)13(18)11-8-4-5-9-12(11)17-10-6-2-1-3-7-10/h1-9,13,18H,(H2,15,16). The number of ether oxygens (including phenoxy) is 1. The van der Waals surface area contributed by atoms with Crippen LogP contribution in [0.15, 0.2) is 54.6 Å². The zero-order valence-corrected chi connectivity index (χ0v) is 10.5. The first kappa shape index (κ1) is 12.5. The summed E-state index contributed by atoms with van der Waals surface area (Å²) in [5, 5.41) is -0.676. The molecular formula is C14H13NO2S. The topological polar surface area (TPSA) is 52.3 Å². The van der Waals surface area contributed by atoms with E-state index in [0.29, 0.717) is 17.1 Å². The Morgan fingerprint density at radius 2 is 1.67 bits per heavy atom. The molecule has 1 unspecified atom stereocenters. The van der Waals surface area contributed by atoms with Crippen molar-refractivity contribution in [3.63, 3.8) is 0 Å². The second kappa shape index (κ2) is 5.60. The zero-order valence-electron chi connectivity index (χ0n) is 9.61. The van der Waals surface area contributed by atoms with Crippen LogP contribution in [0, 0.1) is 0 Å². The SMILES string of the molecule is NC(=O)C(S)c1ccccc1Oc1ccccc1. The van der Waals surface area contributed by atoms with Gasteiger partial charge in [0.2, 0.25) is 5.91 Å². The molecule has 0 radical (unpaired) electrons. The van der Waals surface area contributed by atoms with Crippen LogP contribution < -0.4 is 10.5 Å². The Labute approximate surface area is 111 Å². The van der Waals surface area contributed by atoms with Gasteiger partial charge in [0.25, 0.3) is 0 Å². The molecule has 0 aliphatic rings. The summed E-state index contributed by atoms with van der Waals surface area (Å²) in [4.78, 5) is 11.2. The summed E-state index contributed by atoms with van der Waals surface area (Å²) in [6.07, 6.45) is 0. The molecule has 1 amide bonds. The minimum Gasteiger partial charge on any atom is -0.457 e. The third kappa shape index (κ3) is 2.84. The van der Waals surface area contributed by atoms with Gasteiger partial charge in [-0.15, -0.1) is 0 Å². The molecule has 0 saturated carbocycles. The highest BCUT2D eigenvalue weighted by Gasteiger charge is 2.17. The van der Waals surface area contributed by atoms with Crippen molar-refractivity contribution < 1.29 is 9.53 Å². The Morgan fingerprint density at radius 1 is 1.06 bits per heavy atom. The van der Waals surface area contributed by atoms with Gasteiger partial charge >= 0.3 is 0 Å². The molecule has 0 aliphatic carbocycles. The molecule has 2 N–H and O–H groups in total. The van der Waals surface area contributed by atoms with Crippen LogP contribution in [0.25, 0.3) is 0 Å². The van der Waals surface area contributed by atoms with E-state index in [1.54, 1.807) is 12.1 Å². The minimum absolute atomic E-state index is 0.498. The van der Waals surface area contributed by atoms with Gasteiger partial charge in [-0.05, 0) is 18.2 Å². The van der Waals surface area contributed by atoms with Crippen LogP contribution in [0.1, 0.15) is 10.8 Å². The molecule has 92 valence electrons. The molecule has 2 aromatic rings. The molecule has 18 heavy (non-hydrogen) atoms. The summed E-state index contributed by atoms with van der Waals surface area (Å²) < 4.78 is 5.72. The van der Waals surface area contributed by atoms with E-state index < -0.39 is 11.2 Å². The third-order valence-corrected chi connectivity index (χ3v) is 2.99. The number of rotatable bonds is 4. The van der Waals surface area contributed by atoms with Crippen molar-refractivity contribution in [2.75, 3.05) is 0 Å². The molecule has 0 fully saturated rings. The van der Waals surface area contributed by atoms with Crippen LogP contribution in [-0.4, -0.2) is 5.91 Å². The van der Waals surface area contributed by atoms with Gasteiger partial charge in [0.1, 0.15) is 16.7 Å². The van der Waals surface area contributed by atoms with Crippen LogP contribution in [0.5, 0.6) is 11.5 Å². The second-order valence-corrected chi connectivity index (χ2v) is 4.27. The fourth-order valence-corrected chi connectivity index (χ4v) is 1.78. The molecule has 2 rings (SSSR count). The molecule has 0 bridgehead atoms. The van der Waals surface area contributed by atoms with Crippen molar-refractivity contribution in [2.24, 2.45) is 5.73 Å². The number of thiol groups is 1. The molecule has 0 aromatic heterocycles. The number of hydrogen-bond acceptors (Lipinski definition) is 3. The molecule has 0 aliphatic heterocycles. The van der Waals surface area contributed by atoms with E-state index in [1.807, 2.05) is 42.5 Å². The van der Waals surface area contributed by atoms with Crippen molar-refractivity contribution in [3.05, 3.63) is 60.2 Å². The predicted molar refractivity (Wildman–Crippen MR) is 73.9 cm³/mol. The molecule has 0 heterocycles. The molecule has 0 spiro atoms. The van der Waals surface area contributed by atoms with Gasteiger partial charge in [0, 0.05) is 5.56 Å². The first-order valence-corrected chi connectivity index (χ1v) is 5.99. The van der Waals surface area contributed by atoms with Crippen LogP contribution in [0.2, 0.25) is 0 Å². The first-order valence-electron chi connectivity index (χ1n) is 5.47. The number of carbonyl (C=O) groups excluding carboxylic acids is 1. The Morgan fingerprint density at radius 3 is 2.33 bits per heavy atom. The van der Waals surface area contributed by atoms with E-state index in [2.05, 4.69) is 12.6 Å². The van der Waals surface area contributed by atoms with Crippen molar-refractivity contribution in [2.45, 2.75) is 5.25 Å². The van der Waals surface area contributed by atoms with Gasteiger partial charge in [0.05, 0.1) is 0 Å². The Kier molecular flexibility index (Phi) is 3.89. The minimum atomic E-state index is -0.676. The fourth-order valence-electron chi connectivity index (χ4n) is 1.57. The smallest absolute Gasteiger partial charge is 0.234 e. The van der Waals surface area contributed by atoms with E-state index in [1.165, 1.54) is 0 Å². The van der Waals surface area contributed by atoms with Gasteiger partial charge in [-0.2, -0.15) is 12.6 Å². The summed E-state index contributed by atoms with van der Waals surface area (Å²) in [5.74, 6) is 0.792. The van der Waals surface area contributed by atoms with Crippen LogP contribution in [-0.2, 0) is 4.79 Å². The van der Waals surface area contributed by atoms with E-state index in [0.717, 1.165) is 0 Å². The predicted octanol–water partition coefficient (Wildman–Crippen LogP) is 2.94. The maximum atomic E-state index is 11.2. The highest BCUT2D eigenvalue weighted by atomic mass is 32.1. The van der Waals surface area contributed by atoms with E-state index in [9.17, 15) is 4.79 Å². The van der Waals surface area contributed by atoms with Crippen LogP contribution in [0.3, 0.4) is 0 Å². The number of para-hydroxylation sites is 2. The Hall–Kier alpha value is -1.94. The number of nitrogens with two attached hydrogens (primary N) is 1. The first-order chi connectivity index (χ1) is 8.68. The summed E-state index contributed by atoms with van der Waals surface area (Å²) in [5.41, 5.74) is 5.92. The van der Waals surface area contributed by atoms with E-state index in [-0.39, 0.29) is 0 Å². The van der Waals surface area contributed by atoms with Crippen LogP contribution in [0.4, 0.5) is 0 Å². The summed E-state index contributed by atoms with van der Waals surface area (Å²) in [7, 11) is 0. The molecule has 4 heteroatoms. The molecule has 1 atom stereocenters. The Balaban J connectivity index is 2.31. The molecular weight excluding hydrogens is 246 g/mol. The quantitative estimate of drug-likeness (QED) is 0.829. The maximum absolute atomic E-state index is 11.2. The summed E-state index contributed by atoms with van der Waals surface area (Å²) in [6.45, 7) is 0. The van der Waals surface area contributed by atoms with E-state index in [4.69, 9.17) is 10.5 Å². The lowest BCUT2D eigenvalue weighted by Crippen LogP contribution is -2.17. The lowest BCUT2D eigenvalue weighted by atomic mass is 10.1. The molecule has 0 saturated heterocycles. The highest BCUT2D eigenvalue weighted by molar-refractivity contribution is 7.81. The average Bonchev–Trinajstić information content (AvgIpc) is 2.39.